The third kappa shape index (κ3) is 3.05. The van der Waals surface area contributed by atoms with Crippen LogP contribution >= 0.6 is 0 Å². The van der Waals surface area contributed by atoms with Gasteiger partial charge >= 0.3 is 0 Å². The molecular formula is C14H21FN2. The Labute approximate surface area is 103 Å². The van der Waals surface area contributed by atoms with Crippen molar-refractivity contribution in [2.75, 3.05) is 13.6 Å². The second-order valence-electron chi connectivity index (χ2n) is 5.04. The molecule has 0 bridgehead atoms. The third-order valence-corrected chi connectivity index (χ3v) is 3.82. The van der Waals surface area contributed by atoms with Gasteiger partial charge in [-0.15, -0.1) is 0 Å². The first-order chi connectivity index (χ1) is 8.20. The van der Waals surface area contributed by atoms with Gasteiger partial charge in [0.15, 0.2) is 0 Å². The summed E-state index contributed by atoms with van der Waals surface area (Å²) in [6.45, 7) is 1.46. The van der Waals surface area contributed by atoms with E-state index in [1.54, 1.807) is 12.1 Å². The fourth-order valence-corrected chi connectivity index (χ4v) is 2.60. The minimum Gasteiger partial charge on any atom is -0.329 e. The van der Waals surface area contributed by atoms with Crippen molar-refractivity contribution < 1.29 is 4.39 Å². The largest absolute Gasteiger partial charge is 0.329 e. The van der Waals surface area contributed by atoms with E-state index in [0.717, 1.165) is 18.0 Å². The molecule has 1 atom stereocenters. The molecule has 0 aromatic heterocycles. The molecule has 0 saturated heterocycles. The number of hydrogen-bond acceptors (Lipinski definition) is 2. The minimum atomic E-state index is -0.163. The van der Waals surface area contributed by atoms with Crippen LogP contribution in [-0.2, 0) is 6.54 Å². The van der Waals surface area contributed by atoms with E-state index in [2.05, 4.69) is 11.9 Å². The summed E-state index contributed by atoms with van der Waals surface area (Å²) in [4.78, 5) is 2.26. The van der Waals surface area contributed by atoms with Crippen LogP contribution in [0.25, 0.3) is 0 Å². The van der Waals surface area contributed by atoms with Crippen molar-refractivity contribution in [3.8, 4) is 0 Å². The number of rotatable bonds is 5. The van der Waals surface area contributed by atoms with Crippen molar-refractivity contribution in [3.05, 3.63) is 35.6 Å². The van der Waals surface area contributed by atoms with Crippen molar-refractivity contribution in [3.63, 3.8) is 0 Å². The third-order valence-electron chi connectivity index (χ3n) is 3.82. The van der Waals surface area contributed by atoms with Crippen molar-refractivity contribution in [2.24, 2.45) is 11.7 Å². The Morgan fingerprint density at radius 2 is 2.24 bits per heavy atom. The smallest absolute Gasteiger partial charge is 0.123 e. The second-order valence-corrected chi connectivity index (χ2v) is 5.04. The lowest BCUT2D eigenvalue weighted by Crippen LogP contribution is -2.45. The lowest BCUT2D eigenvalue weighted by atomic mass is 9.79. The summed E-state index contributed by atoms with van der Waals surface area (Å²) in [5, 5.41) is 0. The summed E-state index contributed by atoms with van der Waals surface area (Å²) in [5.74, 6) is 0.572. The molecule has 0 heterocycles. The molecular weight excluding hydrogens is 215 g/mol. The van der Waals surface area contributed by atoms with Gasteiger partial charge in [0.1, 0.15) is 5.82 Å². The highest BCUT2D eigenvalue weighted by atomic mass is 19.1. The molecule has 2 rings (SSSR count). The SMILES string of the molecule is CN(Cc1cccc(F)c1)C(CN)C1CCC1. The van der Waals surface area contributed by atoms with Crippen LogP contribution in [-0.4, -0.2) is 24.5 Å². The van der Waals surface area contributed by atoms with E-state index in [-0.39, 0.29) is 5.82 Å². The van der Waals surface area contributed by atoms with E-state index in [4.69, 9.17) is 5.73 Å². The maximum atomic E-state index is 13.1. The highest BCUT2D eigenvalue weighted by Crippen LogP contribution is 2.31. The molecule has 1 aliphatic rings. The quantitative estimate of drug-likeness (QED) is 0.850. The zero-order valence-corrected chi connectivity index (χ0v) is 10.4. The van der Waals surface area contributed by atoms with Crippen molar-refractivity contribution in [1.82, 2.24) is 4.90 Å². The fourth-order valence-electron chi connectivity index (χ4n) is 2.60. The topological polar surface area (TPSA) is 29.3 Å². The Hall–Kier alpha value is -0.930. The first kappa shape index (κ1) is 12.5. The van der Waals surface area contributed by atoms with Gasteiger partial charge < -0.3 is 5.73 Å². The van der Waals surface area contributed by atoms with Crippen molar-refractivity contribution in [2.45, 2.75) is 31.8 Å². The molecule has 3 heteroatoms. The maximum absolute atomic E-state index is 13.1. The van der Waals surface area contributed by atoms with Crippen LogP contribution in [0.4, 0.5) is 4.39 Å². The molecule has 1 saturated carbocycles. The van der Waals surface area contributed by atoms with Crippen LogP contribution in [0.1, 0.15) is 24.8 Å². The van der Waals surface area contributed by atoms with Crippen LogP contribution in [0.5, 0.6) is 0 Å². The molecule has 1 aromatic carbocycles. The molecule has 0 amide bonds. The predicted molar refractivity (Wildman–Crippen MR) is 68.1 cm³/mol. The van der Waals surface area contributed by atoms with Crippen molar-refractivity contribution in [1.29, 1.82) is 0 Å². The molecule has 1 aromatic rings. The highest BCUT2D eigenvalue weighted by Gasteiger charge is 2.28. The summed E-state index contributed by atoms with van der Waals surface area (Å²) in [6, 6.07) is 7.25. The van der Waals surface area contributed by atoms with Crippen LogP contribution in [0.3, 0.4) is 0 Å². The Morgan fingerprint density at radius 1 is 1.47 bits per heavy atom. The Balaban J connectivity index is 1.96. The Kier molecular flexibility index (Phi) is 4.13. The first-order valence-corrected chi connectivity index (χ1v) is 6.35. The highest BCUT2D eigenvalue weighted by molar-refractivity contribution is 5.16. The lowest BCUT2D eigenvalue weighted by molar-refractivity contribution is 0.118. The number of nitrogens with two attached hydrogens (primary N) is 1. The van der Waals surface area contributed by atoms with Gasteiger partial charge in [0.2, 0.25) is 0 Å². The van der Waals surface area contributed by atoms with Gasteiger partial charge in [0.25, 0.3) is 0 Å². The number of hydrogen-bond donors (Lipinski definition) is 1. The molecule has 1 aliphatic carbocycles. The van der Waals surface area contributed by atoms with E-state index in [9.17, 15) is 4.39 Å². The second kappa shape index (κ2) is 5.61. The van der Waals surface area contributed by atoms with E-state index in [1.165, 1.54) is 25.3 Å². The summed E-state index contributed by atoms with van der Waals surface area (Å²) in [5.41, 5.74) is 6.87. The summed E-state index contributed by atoms with van der Waals surface area (Å²) >= 11 is 0. The van der Waals surface area contributed by atoms with Crippen LogP contribution in [0, 0.1) is 11.7 Å². The molecule has 1 unspecified atom stereocenters. The molecule has 2 nitrogen and oxygen atoms in total. The number of nitrogens with zero attached hydrogens (tertiary/aromatic N) is 1. The van der Waals surface area contributed by atoms with Gasteiger partial charge in [-0.05, 0) is 43.5 Å². The van der Waals surface area contributed by atoms with E-state index in [1.807, 2.05) is 6.07 Å². The monoisotopic (exact) mass is 236 g/mol. The molecule has 0 radical (unpaired) electrons. The zero-order chi connectivity index (χ0) is 12.3. The van der Waals surface area contributed by atoms with Crippen molar-refractivity contribution >= 4 is 0 Å². The number of benzene rings is 1. The van der Waals surface area contributed by atoms with E-state index in [0.29, 0.717) is 12.6 Å². The minimum absolute atomic E-state index is 0.163. The van der Waals surface area contributed by atoms with E-state index >= 15 is 0 Å². The van der Waals surface area contributed by atoms with Gasteiger partial charge in [0, 0.05) is 19.1 Å². The maximum Gasteiger partial charge on any atom is 0.123 e. The van der Waals surface area contributed by atoms with Crippen LogP contribution in [0.15, 0.2) is 24.3 Å². The predicted octanol–water partition coefficient (Wildman–Crippen LogP) is 2.38. The average molecular weight is 236 g/mol. The van der Waals surface area contributed by atoms with Gasteiger partial charge in [0.05, 0.1) is 0 Å². The lowest BCUT2D eigenvalue weighted by Gasteiger charge is -2.38. The van der Waals surface area contributed by atoms with Gasteiger partial charge in [-0.3, -0.25) is 4.90 Å². The number of likely N-dealkylation sites (N-methyl/N-ethyl adjacent to an activating group) is 1. The molecule has 2 N–H and O–H groups in total. The first-order valence-electron chi connectivity index (χ1n) is 6.35. The van der Waals surface area contributed by atoms with E-state index < -0.39 is 0 Å². The summed E-state index contributed by atoms with van der Waals surface area (Å²) in [7, 11) is 2.08. The zero-order valence-electron chi connectivity index (χ0n) is 10.4. The van der Waals surface area contributed by atoms with Gasteiger partial charge in [-0.1, -0.05) is 18.6 Å². The molecule has 17 heavy (non-hydrogen) atoms. The van der Waals surface area contributed by atoms with Crippen LogP contribution in [0.2, 0.25) is 0 Å². The average Bonchev–Trinajstić information content (AvgIpc) is 2.22. The molecule has 1 fully saturated rings. The summed E-state index contributed by atoms with van der Waals surface area (Å²) in [6.07, 6.45) is 3.90. The molecule has 0 aliphatic heterocycles. The molecule has 0 spiro atoms. The van der Waals surface area contributed by atoms with Crippen LogP contribution < -0.4 is 5.73 Å². The summed E-state index contributed by atoms with van der Waals surface area (Å²) < 4.78 is 13.1. The Morgan fingerprint density at radius 3 is 2.76 bits per heavy atom. The van der Waals surface area contributed by atoms with Gasteiger partial charge in [-0.25, -0.2) is 4.39 Å². The molecule has 94 valence electrons. The number of halogens is 1. The Bertz CT molecular complexity index is 363. The van der Waals surface area contributed by atoms with Gasteiger partial charge in [-0.2, -0.15) is 0 Å². The standard InChI is InChI=1S/C14H21FN2/c1-17(14(9-16)12-5-3-6-12)10-11-4-2-7-13(15)8-11/h2,4,7-8,12,14H,3,5-6,9-10,16H2,1H3. The normalized spacial score (nSPS) is 18.1. The fraction of sp³-hybridized carbons (Fsp3) is 0.571.